The van der Waals surface area contributed by atoms with E-state index in [1.165, 1.54) is 5.56 Å². The number of likely N-dealkylation sites (N-methyl/N-ethyl adjacent to an activating group) is 1. The van der Waals surface area contributed by atoms with Gasteiger partial charge in [0.05, 0.1) is 12.5 Å². The third kappa shape index (κ3) is 6.35. The van der Waals surface area contributed by atoms with E-state index < -0.39 is 5.97 Å². The minimum atomic E-state index is -0.802. The van der Waals surface area contributed by atoms with E-state index in [1.807, 2.05) is 23.8 Å². The summed E-state index contributed by atoms with van der Waals surface area (Å²) in [5, 5.41) is 8.99. The predicted molar refractivity (Wildman–Crippen MR) is 108 cm³/mol. The number of carboxylic acids is 1. The first-order chi connectivity index (χ1) is 12.8. The van der Waals surface area contributed by atoms with Crippen molar-refractivity contribution in [3.8, 4) is 0 Å². The molecule has 1 amide bonds. The monoisotopic (exact) mass is 374 g/mol. The van der Waals surface area contributed by atoms with Gasteiger partial charge in [-0.2, -0.15) is 0 Å². The summed E-state index contributed by atoms with van der Waals surface area (Å²) in [7, 11) is 1.86. The van der Waals surface area contributed by atoms with E-state index in [1.54, 1.807) is 0 Å². The second kappa shape index (κ2) is 9.88. The maximum absolute atomic E-state index is 13.0. The molecule has 1 aliphatic heterocycles. The molecule has 1 fully saturated rings. The fourth-order valence-electron chi connectivity index (χ4n) is 3.91. The highest BCUT2D eigenvalue weighted by molar-refractivity contribution is 5.83. The Bertz CT molecular complexity index is 627. The number of benzene rings is 1. The van der Waals surface area contributed by atoms with Gasteiger partial charge in [-0.25, -0.2) is 0 Å². The molecule has 1 N–H and O–H groups in total. The number of carboxylic acid groups (broad SMARTS) is 1. The molecule has 1 heterocycles. The minimum Gasteiger partial charge on any atom is -0.480 e. The van der Waals surface area contributed by atoms with Crippen LogP contribution in [0.5, 0.6) is 0 Å². The summed E-state index contributed by atoms with van der Waals surface area (Å²) in [6, 6.07) is 8.67. The quantitative estimate of drug-likeness (QED) is 0.795. The summed E-state index contributed by atoms with van der Waals surface area (Å²) in [5.74, 6) is -0.150. The standard InChI is InChI=1S/C22H34N2O3/c1-16(2)14-18-7-9-19(10-8-18)17(3)22(27)24-12-5-6-20(11-13-24)23(4)15-21(25)26/h7-10,16-17,20H,5-6,11-15H2,1-4H3,(H,25,26)/t17-,20?/m0/s1. The molecule has 1 saturated heterocycles. The van der Waals surface area contributed by atoms with Crippen molar-refractivity contribution in [2.45, 2.75) is 58.4 Å². The van der Waals surface area contributed by atoms with Crippen LogP contribution in [0, 0.1) is 5.92 Å². The van der Waals surface area contributed by atoms with Gasteiger partial charge in [0.2, 0.25) is 5.91 Å². The van der Waals surface area contributed by atoms with Gasteiger partial charge < -0.3 is 10.0 Å². The van der Waals surface area contributed by atoms with Crippen LogP contribution in [-0.4, -0.2) is 59.5 Å². The van der Waals surface area contributed by atoms with E-state index >= 15 is 0 Å². The minimum absolute atomic E-state index is 0.0533. The van der Waals surface area contributed by atoms with Gasteiger partial charge in [-0.15, -0.1) is 0 Å². The lowest BCUT2D eigenvalue weighted by molar-refractivity contribution is -0.138. The zero-order valence-corrected chi connectivity index (χ0v) is 17.1. The van der Waals surface area contributed by atoms with Crippen LogP contribution in [-0.2, 0) is 16.0 Å². The summed E-state index contributed by atoms with van der Waals surface area (Å²) in [6.07, 6.45) is 3.74. The molecule has 27 heavy (non-hydrogen) atoms. The molecule has 2 rings (SSSR count). The third-order valence-electron chi connectivity index (χ3n) is 5.51. The van der Waals surface area contributed by atoms with Crippen LogP contribution in [0.4, 0.5) is 0 Å². The van der Waals surface area contributed by atoms with Gasteiger partial charge in [0.25, 0.3) is 0 Å². The number of likely N-dealkylation sites (tertiary alicyclic amines) is 1. The van der Waals surface area contributed by atoms with Crippen molar-refractivity contribution in [1.82, 2.24) is 9.80 Å². The molecule has 0 saturated carbocycles. The lowest BCUT2D eigenvalue weighted by Gasteiger charge is -2.27. The van der Waals surface area contributed by atoms with E-state index in [-0.39, 0.29) is 24.4 Å². The number of carbonyl (C=O) groups excluding carboxylic acids is 1. The first-order valence-electron chi connectivity index (χ1n) is 10.1. The van der Waals surface area contributed by atoms with E-state index in [2.05, 4.69) is 38.1 Å². The summed E-state index contributed by atoms with van der Waals surface area (Å²) in [6.45, 7) is 7.91. The Hall–Kier alpha value is -1.88. The molecule has 1 aromatic carbocycles. The maximum Gasteiger partial charge on any atom is 0.317 e. The summed E-state index contributed by atoms with van der Waals surface area (Å²) in [4.78, 5) is 27.8. The molecule has 0 bridgehead atoms. The third-order valence-corrected chi connectivity index (χ3v) is 5.51. The molecule has 5 nitrogen and oxygen atoms in total. The molecule has 2 atom stereocenters. The molecule has 0 aliphatic carbocycles. The van der Waals surface area contributed by atoms with E-state index in [0.29, 0.717) is 12.5 Å². The Kier molecular flexibility index (Phi) is 7.84. The van der Waals surface area contributed by atoms with Gasteiger partial charge in [0, 0.05) is 19.1 Å². The van der Waals surface area contributed by atoms with Crippen LogP contribution in [0.2, 0.25) is 0 Å². The van der Waals surface area contributed by atoms with Crippen LogP contribution in [0.15, 0.2) is 24.3 Å². The van der Waals surface area contributed by atoms with Gasteiger partial charge >= 0.3 is 5.97 Å². The molecule has 0 aromatic heterocycles. The average molecular weight is 375 g/mol. The second-order valence-electron chi connectivity index (χ2n) is 8.28. The molecule has 1 aliphatic rings. The molecule has 1 unspecified atom stereocenters. The highest BCUT2D eigenvalue weighted by Crippen LogP contribution is 2.23. The number of aliphatic carboxylic acids is 1. The number of amides is 1. The molecule has 150 valence electrons. The van der Waals surface area contributed by atoms with Crippen molar-refractivity contribution < 1.29 is 14.7 Å². The van der Waals surface area contributed by atoms with Crippen molar-refractivity contribution in [1.29, 1.82) is 0 Å². The van der Waals surface area contributed by atoms with Gasteiger partial charge in [0.15, 0.2) is 0 Å². The van der Waals surface area contributed by atoms with Crippen molar-refractivity contribution in [2.75, 3.05) is 26.7 Å². The van der Waals surface area contributed by atoms with Gasteiger partial charge in [-0.1, -0.05) is 38.1 Å². The van der Waals surface area contributed by atoms with E-state index in [9.17, 15) is 9.59 Å². The SMILES string of the molecule is CC(C)Cc1ccc([C@H](C)C(=O)N2CCCC(N(C)CC(=O)O)CC2)cc1. The fourth-order valence-corrected chi connectivity index (χ4v) is 3.91. The Morgan fingerprint density at radius 3 is 2.41 bits per heavy atom. The zero-order chi connectivity index (χ0) is 20.0. The molecular formula is C22H34N2O3. The second-order valence-corrected chi connectivity index (χ2v) is 8.28. The number of nitrogens with zero attached hydrogens (tertiary/aromatic N) is 2. The van der Waals surface area contributed by atoms with Gasteiger partial charge in [-0.05, 0) is 56.7 Å². The molecule has 1 aromatic rings. The summed E-state index contributed by atoms with van der Waals surface area (Å²) < 4.78 is 0. The highest BCUT2D eigenvalue weighted by atomic mass is 16.4. The average Bonchev–Trinajstić information content (AvgIpc) is 2.86. The van der Waals surface area contributed by atoms with Crippen LogP contribution in [0.1, 0.15) is 57.1 Å². The lowest BCUT2D eigenvalue weighted by Crippen LogP contribution is -2.38. The first-order valence-corrected chi connectivity index (χ1v) is 10.1. The number of rotatable bonds is 7. The van der Waals surface area contributed by atoms with Crippen LogP contribution < -0.4 is 0 Å². The lowest BCUT2D eigenvalue weighted by atomic mass is 9.96. The normalized spacial score (nSPS) is 19.2. The Balaban J connectivity index is 1.95. The molecule has 5 heteroatoms. The van der Waals surface area contributed by atoms with Crippen LogP contribution >= 0.6 is 0 Å². The highest BCUT2D eigenvalue weighted by Gasteiger charge is 2.27. The predicted octanol–water partition coefficient (Wildman–Crippen LogP) is 3.39. The topological polar surface area (TPSA) is 60.9 Å². The van der Waals surface area contributed by atoms with Crippen molar-refractivity contribution >= 4 is 11.9 Å². The van der Waals surface area contributed by atoms with Crippen LogP contribution in [0.3, 0.4) is 0 Å². The molecular weight excluding hydrogens is 340 g/mol. The largest absolute Gasteiger partial charge is 0.480 e. The Labute approximate surface area is 163 Å². The van der Waals surface area contributed by atoms with Crippen molar-refractivity contribution in [3.05, 3.63) is 35.4 Å². The molecule has 0 radical (unpaired) electrons. The fraction of sp³-hybridized carbons (Fsp3) is 0.636. The van der Waals surface area contributed by atoms with Gasteiger partial charge in [0.1, 0.15) is 0 Å². The zero-order valence-electron chi connectivity index (χ0n) is 17.1. The Morgan fingerprint density at radius 1 is 1.15 bits per heavy atom. The maximum atomic E-state index is 13.0. The van der Waals surface area contributed by atoms with Crippen LogP contribution in [0.25, 0.3) is 0 Å². The molecule has 0 spiro atoms. The Morgan fingerprint density at radius 2 is 1.81 bits per heavy atom. The number of hydrogen-bond donors (Lipinski definition) is 1. The van der Waals surface area contributed by atoms with E-state index in [4.69, 9.17) is 5.11 Å². The number of hydrogen-bond acceptors (Lipinski definition) is 3. The van der Waals surface area contributed by atoms with Crippen molar-refractivity contribution in [2.24, 2.45) is 5.92 Å². The summed E-state index contributed by atoms with van der Waals surface area (Å²) >= 11 is 0. The first kappa shape index (κ1) is 21.4. The summed E-state index contributed by atoms with van der Waals surface area (Å²) in [5.41, 5.74) is 2.38. The number of carbonyl (C=O) groups is 2. The smallest absolute Gasteiger partial charge is 0.317 e. The van der Waals surface area contributed by atoms with Gasteiger partial charge in [-0.3, -0.25) is 14.5 Å². The van der Waals surface area contributed by atoms with E-state index in [0.717, 1.165) is 37.8 Å². The van der Waals surface area contributed by atoms with Crippen molar-refractivity contribution in [3.63, 3.8) is 0 Å².